The number of benzene rings is 2. The van der Waals surface area contributed by atoms with E-state index >= 15 is 0 Å². The monoisotopic (exact) mass is 336 g/mol. The van der Waals surface area contributed by atoms with Gasteiger partial charge in [-0.2, -0.15) is 0 Å². The maximum atomic E-state index is 3.41. The Balaban J connectivity index is 3.16. The summed E-state index contributed by atoms with van der Waals surface area (Å²) in [6, 6.07) is 16.6. The first-order valence-corrected chi connectivity index (χ1v) is 6.75. The number of rotatable bonds is 0. The van der Waals surface area contributed by atoms with E-state index in [1.54, 1.807) is 0 Å². The summed E-state index contributed by atoms with van der Waals surface area (Å²) in [4.78, 5) is 3.90. The zero-order chi connectivity index (χ0) is 11.4. The van der Waals surface area contributed by atoms with Gasteiger partial charge in [-0.1, -0.05) is 80.4 Å². The molecule has 0 unspecified atom stereocenters. The Labute approximate surface area is 111 Å². The Kier molecular flexibility index (Phi) is 3.97. The van der Waals surface area contributed by atoms with Gasteiger partial charge in [0.15, 0.2) is 0 Å². The molecule has 0 radical (unpaired) electrons. The van der Waals surface area contributed by atoms with Crippen LogP contribution in [0.15, 0.2) is 48.5 Å². The lowest BCUT2D eigenvalue weighted by atomic mass is 10.1. The van der Waals surface area contributed by atoms with Gasteiger partial charge < -0.3 is 0 Å². The largest absolute Gasteiger partial charge is 0.0616 e. The van der Waals surface area contributed by atoms with Gasteiger partial charge in [-0.15, -0.1) is 0 Å². The van der Waals surface area contributed by atoms with E-state index in [1.165, 1.54) is 20.9 Å². The van der Waals surface area contributed by atoms with Crippen molar-refractivity contribution in [1.29, 1.82) is 0 Å². The van der Waals surface area contributed by atoms with E-state index in [4.69, 9.17) is 0 Å². The Morgan fingerprint density at radius 3 is 1.38 bits per heavy atom. The van der Waals surface area contributed by atoms with E-state index < -0.39 is 0 Å². The first kappa shape index (κ1) is 11.6. The van der Waals surface area contributed by atoms with Gasteiger partial charge >= 0.3 is 0 Å². The second kappa shape index (κ2) is 5.46. The Bertz CT molecular complexity index is 626. The smallest absolute Gasteiger partial charge is 0.01000 e. The molecular weight excluding hydrogens is 328 g/mol. The summed E-state index contributed by atoms with van der Waals surface area (Å²) in [5, 5.41) is 4.82. The molecule has 0 heterocycles. The zero-order valence-corrected chi connectivity index (χ0v) is 11.7. The SMILES string of the molecule is Br\C=c1/cccc/c1=c1/cccc/c1=C\Br. The van der Waals surface area contributed by atoms with Crippen LogP contribution in [-0.4, -0.2) is 0 Å². The summed E-state index contributed by atoms with van der Waals surface area (Å²) < 4.78 is 0. The molecule has 2 aromatic rings. The molecular formula is C14H10Br2. The minimum Gasteiger partial charge on any atom is -0.0616 e. The molecule has 0 nitrogen and oxygen atoms in total. The van der Waals surface area contributed by atoms with Gasteiger partial charge in [-0.05, 0) is 30.8 Å². The fourth-order valence-corrected chi connectivity index (χ4v) is 2.47. The van der Waals surface area contributed by atoms with Gasteiger partial charge in [-0.3, -0.25) is 0 Å². The minimum atomic E-state index is 1.18. The van der Waals surface area contributed by atoms with Crippen molar-refractivity contribution in [3.05, 3.63) is 69.4 Å². The molecule has 2 heteroatoms. The van der Waals surface area contributed by atoms with E-state index in [0.717, 1.165) is 0 Å². The number of hydrogen-bond donors (Lipinski definition) is 0. The fraction of sp³-hybridized carbons (Fsp3) is 0. The molecule has 2 rings (SSSR count). The number of hydrogen-bond acceptors (Lipinski definition) is 0. The van der Waals surface area contributed by atoms with Crippen LogP contribution in [0.4, 0.5) is 0 Å². The second-order valence-corrected chi connectivity index (χ2v) is 4.31. The van der Waals surface area contributed by atoms with Gasteiger partial charge in [0.1, 0.15) is 0 Å². The highest BCUT2D eigenvalue weighted by atomic mass is 79.9. The van der Waals surface area contributed by atoms with E-state index in [0.29, 0.717) is 0 Å². The van der Waals surface area contributed by atoms with E-state index in [2.05, 4.69) is 68.3 Å². The average molecular weight is 338 g/mol. The maximum absolute atomic E-state index is 3.41. The normalized spacial score (nSPS) is 15.4. The summed E-state index contributed by atoms with van der Waals surface area (Å²) >= 11 is 6.81. The molecule has 0 fully saturated rings. The molecule has 0 aliphatic rings. The fourth-order valence-electron chi connectivity index (χ4n) is 1.67. The molecule has 2 aromatic carbocycles. The molecule has 0 bridgehead atoms. The van der Waals surface area contributed by atoms with Crippen LogP contribution in [0, 0.1) is 10.4 Å². The Morgan fingerprint density at radius 1 is 0.625 bits per heavy atom. The zero-order valence-electron chi connectivity index (χ0n) is 8.53. The molecule has 0 atom stereocenters. The van der Waals surface area contributed by atoms with Crippen molar-refractivity contribution in [3.8, 4) is 0 Å². The first-order valence-electron chi connectivity index (χ1n) is 4.92. The molecule has 0 aliphatic heterocycles. The van der Waals surface area contributed by atoms with Crippen molar-refractivity contribution in [1.82, 2.24) is 0 Å². The molecule has 0 saturated carbocycles. The topological polar surface area (TPSA) is 0 Å². The minimum absolute atomic E-state index is 1.18. The molecule has 80 valence electrons. The predicted molar refractivity (Wildman–Crippen MR) is 76.6 cm³/mol. The van der Waals surface area contributed by atoms with Crippen LogP contribution < -0.4 is 10.4 Å². The molecule has 0 spiro atoms. The highest BCUT2D eigenvalue weighted by Gasteiger charge is 1.88. The van der Waals surface area contributed by atoms with Crippen LogP contribution in [-0.2, 0) is 0 Å². The summed E-state index contributed by atoms with van der Waals surface area (Å²) in [7, 11) is 0. The summed E-state index contributed by atoms with van der Waals surface area (Å²) in [5.74, 6) is 0. The van der Waals surface area contributed by atoms with E-state index in [-0.39, 0.29) is 0 Å². The van der Waals surface area contributed by atoms with Crippen molar-refractivity contribution in [3.63, 3.8) is 0 Å². The van der Waals surface area contributed by atoms with Crippen LogP contribution in [0.1, 0.15) is 0 Å². The Morgan fingerprint density at radius 2 is 1.00 bits per heavy atom. The van der Waals surface area contributed by atoms with Crippen LogP contribution in [0.3, 0.4) is 0 Å². The Hall–Kier alpha value is -0.860. The van der Waals surface area contributed by atoms with Gasteiger partial charge in [-0.25, -0.2) is 0 Å². The summed E-state index contributed by atoms with van der Waals surface area (Å²) in [6.07, 6.45) is 0. The predicted octanol–water partition coefficient (Wildman–Crippen LogP) is 3.24. The third-order valence-electron chi connectivity index (χ3n) is 2.45. The van der Waals surface area contributed by atoms with E-state index in [9.17, 15) is 0 Å². The molecule has 0 N–H and O–H groups in total. The highest BCUT2D eigenvalue weighted by Crippen LogP contribution is 1.92. The maximum Gasteiger partial charge on any atom is -0.01000 e. The lowest BCUT2D eigenvalue weighted by Gasteiger charge is -1.92. The highest BCUT2D eigenvalue weighted by molar-refractivity contribution is 9.14. The van der Waals surface area contributed by atoms with Crippen molar-refractivity contribution in [2.75, 3.05) is 0 Å². The molecule has 16 heavy (non-hydrogen) atoms. The van der Waals surface area contributed by atoms with Crippen LogP contribution in [0.5, 0.6) is 0 Å². The molecule has 0 aliphatic carbocycles. The van der Waals surface area contributed by atoms with Crippen molar-refractivity contribution >= 4 is 41.8 Å². The quantitative estimate of drug-likeness (QED) is 0.692. The van der Waals surface area contributed by atoms with Crippen molar-refractivity contribution in [2.45, 2.75) is 0 Å². The van der Waals surface area contributed by atoms with E-state index in [1.807, 2.05) is 22.1 Å². The second-order valence-electron chi connectivity index (χ2n) is 3.39. The summed E-state index contributed by atoms with van der Waals surface area (Å²) in [5.41, 5.74) is 0. The molecule has 0 amide bonds. The third kappa shape index (κ3) is 2.28. The van der Waals surface area contributed by atoms with Gasteiger partial charge in [0.25, 0.3) is 0 Å². The third-order valence-corrected chi connectivity index (χ3v) is 3.43. The van der Waals surface area contributed by atoms with Crippen molar-refractivity contribution < 1.29 is 0 Å². The summed E-state index contributed by atoms with van der Waals surface area (Å²) in [6.45, 7) is 0. The lowest BCUT2D eigenvalue weighted by molar-refractivity contribution is 1.41. The van der Waals surface area contributed by atoms with Crippen LogP contribution >= 0.6 is 31.9 Å². The van der Waals surface area contributed by atoms with Gasteiger partial charge in [0.2, 0.25) is 0 Å². The number of halogens is 2. The average Bonchev–Trinajstić information content (AvgIpc) is 2.38. The standard InChI is InChI=1S/C14H10Br2/c15-9-11-5-1-3-7-13(11)14-8-4-2-6-12(14)10-16/h1-10H/b11-9+,12-10+,14-13+. The van der Waals surface area contributed by atoms with Crippen LogP contribution in [0.25, 0.3) is 9.97 Å². The lowest BCUT2D eigenvalue weighted by Crippen LogP contribution is -2.07. The van der Waals surface area contributed by atoms with Crippen LogP contribution in [0.2, 0.25) is 0 Å². The van der Waals surface area contributed by atoms with Crippen molar-refractivity contribution in [2.24, 2.45) is 0 Å². The molecule has 0 saturated heterocycles. The van der Waals surface area contributed by atoms with Gasteiger partial charge in [0.05, 0.1) is 0 Å². The molecule has 0 aromatic heterocycles. The van der Waals surface area contributed by atoms with Gasteiger partial charge in [0, 0.05) is 0 Å². The first-order chi connectivity index (χ1) is 7.86.